The molecule has 5 heteroatoms. The average molecular weight is 204 g/mol. The van der Waals surface area contributed by atoms with E-state index in [4.69, 9.17) is 4.74 Å². The van der Waals surface area contributed by atoms with Gasteiger partial charge in [0.1, 0.15) is 5.52 Å². The molecule has 0 radical (unpaired) electrons. The Balaban J connectivity index is 2.02. The third-order valence-electron chi connectivity index (χ3n) is 2.81. The van der Waals surface area contributed by atoms with E-state index in [-0.39, 0.29) is 0 Å². The number of nitrogens with zero attached hydrogens (tertiary/aromatic N) is 4. The van der Waals surface area contributed by atoms with Crippen molar-refractivity contribution in [2.45, 2.75) is 18.9 Å². The van der Waals surface area contributed by atoms with Crippen LogP contribution in [0.5, 0.6) is 0 Å². The van der Waals surface area contributed by atoms with E-state index < -0.39 is 0 Å². The molecule has 0 amide bonds. The molecule has 0 aromatic carbocycles. The maximum atomic E-state index is 5.34. The van der Waals surface area contributed by atoms with E-state index in [2.05, 4.69) is 15.3 Å². The maximum Gasteiger partial charge on any atom is 0.131 e. The van der Waals surface area contributed by atoms with E-state index in [1.54, 1.807) is 12.4 Å². The number of hydrogen-bond donors (Lipinski definition) is 0. The highest BCUT2D eigenvalue weighted by molar-refractivity contribution is 5.72. The summed E-state index contributed by atoms with van der Waals surface area (Å²) in [4.78, 5) is 4.03. The van der Waals surface area contributed by atoms with Crippen molar-refractivity contribution in [3.63, 3.8) is 0 Å². The molecule has 3 heterocycles. The van der Waals surface area contributed by atoms with Gasteiger partial charge >= 0.3 is 0 Å². The molecule has 0 unspecified atom stereocenters. The molecule has 0 aliphatic carbocycles. The van der Waals surface area contributed by atoms with Gasteiger partial charge in [-0.3, -0.25) is 4.98 Å². The molecule has 78 valence electrons. The molecule has 0 N–H and O–H groups in total. The molecule has 1 saturated heterocycles. The molecule has 5 nitrogen and oxygen atoms in total. The zero-order valence-corrected chi connectivity index (χ0v) is 8.33. The SMILES string of the molecule is c1cc2c(cn1)nnn2C1CCOCC1. The predicted octanol–water partition coefficient (Wildman–Crippen LogP) is 1.18. The van der Waals surface area contributed by atoms with Crippen LogP contribution in [0.2, 0.25) is 0 Å². The first kappa shape index (κ1) is 8.79. The first-order chi connectivity index (χ1) is 7.45. The number of rotatable bonds is 1. The molecule has 1 aliphatic rings. The van der Waals surface area contributed by atoms with Crippen molar-refractivity contribution in [2.75, 3.05) is 13.2 Å². The minimum atomic E-state index is 0.422. The monoisotopic (exact) mass is 204 g/mol. The van der Waals surface area contributed by atoms with E-state index >= 15 is 0 Å². The lowest BCUT2D eigenvalue weighted by Crippen LogP contribution is -2.20. The van der Waals surface area contributed by atoms with Crippen molar-refractivity contribution in [1.29, 1.82) is 0 Å². The molecule has 0 atom stereocenters. The third kappa shape index (κ3) is 1.48. The fourth-order valence-electron chi connectivity index (χ4n) is 1.99. The lowest BCUT2D eigenvalue weighted by atomic mass is 10.1. The summed E-state index contributed by atoms with van der Waals surface area (Å²) < 4.78 is 7.34. The number of ether oxygens (including phenoxy) is 1. The highest BCUT2D eigenvalue weighted by Crippen LogP contribution is 2.23. The molecule has 2 aromatic heterocycles. The van der Waals surface area contributed by atoms with E-state index in [1.807, 2.05) is 10.7 Å². The van der Waals surface area contributed by atoms with Crippen LogP contribution in [-0.4, -0.2) is 33.2 Å². The molecule has 0 spiro atoms. The summed E-state index contributed by atoms with van der Waals surface area (Å²) in [5.41, 5.74) is 1.93. The Kier molecular flexibility index (Phi) is 2.10. The second-order valence-corrected chi connectivity index (χ2v) is 3.74. The largest absolute Gasteiger partial charge is 0.381 e. The number of aromatic nitrogens is 4. The van der Waals surface area contributed by atoms with Gasteiger partial charge in [-0.25, -0.2) is 4.68 Å². The van der Waals surface area contributed by atoms with Crippen molar-refractivity contribution in [1.82, 2.24) is 20.0 Å². The van der Waals surface area contributed by atoms with Gasteiger partial charge in [0.15, 0.2) is 0 Å². The Labute approximate surface area is 87.1 Å². The third-order valence-corrected chi connectivity index (χ3v) is 2.81. The topological polar surface area (TPSA) is 52.8 Å². The number of hydrogen-bond acceptors (Lipinski definition) is 4. The van der Waals surface area contributed by atoms with Gasteiger partial charge in [-0.15, -0.1) is 5.10 Å². The standard InChI is InChI=1S/C10H12N4O/c1-4-11-7-9-10(1)14(13-12-9)8-2-5-15-6-3-8/h1,4,7-8H,2-3,5-6H2. The Morgan fingerprint density at radius 1 is 1.33 bits per heavy atom. The van der Waals surface area contributed by atoms with Crippen molar-refractivity contribution in [2.24, 2.45) is 0 Å². The Morgan fingerprint density at radius 2 is 2.20 bits per heavy atom. The van der Waals surface area contributed by atoms with Crippen LogP contribution in [0.1, 0.15) is 18.9 Å². The predicted molar refractivity (Wildman–Crippen MR) is 54.4 cm³/mol. The van der Waals surface area contributed by atoms with Crippen molar-refractivity contribution in [3.8, 4) is 0 Å². The van der Waals surface area contributed by atoms with Gasteiger partial charge in [-0.05, 0) is 18.9 Å². The molecule has 2 aromatic rings. The lowest BCUT2D eigenvalue weighted by Gasteiger charge is -2.22. The molecule has 15 heavy (non-hydrogen) atoms. The molecular weight excluding hydrogens is 192 g/mol. The summed E-state index contributed by atoms with van der Waals surface area (Å²) in [6.45, 7) is 1.63. The van der Waals surface area contributed by atoms with Gasteiger partial charge in [-0.2, -0.15) is 0 Å². The average Bonchev–Trinajstić information content (AvgIpc) is 2.74. The fraction of sp³-hybridized carbons (Fsp3) is 0.500. The van der Waals surface area contributed by atoms with E-state index in [0.717, 1.165) is 37.1 Å². The second-order valence-electron chi connectivity index (χ2n) is 3.74. The van der Waals surface area contributed by atoms with Crippen LogP contribution in [0.25, 0.3) is 11.0 Å². The smallest absolute Gasteiger partial charge is 0.131 e. The van der Waals surface area contributed by atoms with Crippen molar-refractivity contribution >= 4 is 11.0 Å². The molecule has 0 saturated carbocycles. The summed E-state index contributed by atoms with van der Waals surface area (Å²) in [6.07, 6.45) is 5.56. The van der Waals surface area contributed by atoms with Crippen LogP contribution in [0.15, 0.2) is 18.5 Å². The quantitative estimate of drug-likeness (QED) is 0.699. The van der Waals surface area contributed by atoms with E-state index in [9.17, 15) is 0 Å². The minimum Gasteiger partial charge on any atom is -0.381 e. The van der Waals surface area contributed by atoms with Gasteiger partial charge < -0.3 is 4.74 Å². The van der Waals surface area contributed by atoms with Crippen LogP contribution in [0.4, 0.5) is 0 Å². The number of fused-ring (bicyclic) bond motifs is 1. The highest BCUT2D eigenvalue weighted by atomic mass is 16.5. The molecule has 1 fully saturated rings. The Morgan fingerprint density at radius 3 is 3.07 bits per heavy atom. The normalized spacial score (nSPS) is 18.4. The molecular formula is C10H12N4O. The lowest BCUT2D eigenvalue weighted by molar-refractivity contribution is 0.0669. The van der Waals surface area contributed by atoms with Crippen molar-refractivity contribution in [3.05, 3.63) is 18.5 Å². The summed E-state index contributed by atoms with van der Waals surface area (Å²) in [7, 11) is 0. The summed E-state index contributed by atoms with van der Waals surface area (Å²) >= 11 is 0. The van der Waals surface area contributed by atoms with Crippen LogP contribution in [-0.2, 0) is 4.74 Å². The highest BCUT2D eigenvalue weighted by Gasteiger charge is 2.18. The van der Waals surface area contributed by atoms with Crippen molar-refractivity contribution < 1.29 is 4.74 Å². The first-order valence-electron chi connectivity index (χ1n) is 5.18. The van der Waals surface area contributed by atoms with Gasteiger partial charge in [0.05, 0.1) is 17.8 Å². The Hall–Kier alpha value is -1.49. The Bertz CT molecular complexity index is 461. The fourth-order valence-corrected chi connectivity index (χ4v) is 1.99. The van der Waals surface area contributed by atoms with Crippen LogP contribution in [0.3, 0.4) is 0 Å². The van der Waals surface area contributed by atoms with E-state index in [1.165, 1.54) is 0 Å². The molecule has 3 rings (SSSR count). The maximum absolute atomic E-state index is 5.34. The number of pyridine rings is 1. The van der Waals surface area contributed by atoms with Crippen LogP contribution < -0.4 is 0 Å². The van der Waals surface area contributed by atoms with Gasteiger partial charge in [0.25, 0.3) is 0 Å². The van der Waals surface area contributed by atoms with Gasteiger partial charge in [0, 0.05) is 19.4 Å². The molecule has 1 aliphatic heterocycles. The zero-order valence-electron chi connectivity index (χ0n) is 8.33. The first-order valence-corrected chi connectivity index (χ1v) is 5.18. The second kappa shape index (κ2) is 3.58. The van der Waals surface area contributed by atoms with Crippen LogP contribution in [0, 0.1) is 0 Å². The van der Waals surface area contributed by atoms with Crippen LogP contribution >= 0.6 is 0 Å². The summed E-state index contributed by atoms with van der Waals surface area (Å²) in [5, 5.41) is 8.29. The van der Waals surface area contributed by atoms with E-state index in [0.29, 0.717) is 6.04 Å². The minimum absolute atomic E-state index is 0.422. The molecule has 0 bridgehead atoms. The summed E-state index contributed by atoms with van der Waals surface area (Å²) in [5.74, 6) is 0. The summed E-state index contributed by atoms with van der Waals surface area (Å²) in [6, 6.07) is 2.39. The van der Waals surface area contributed by atoms with Gasteiger partial charge in [-0.1, -0.05) is 5.21 Å². The van der Waals surface area contributed by atoms with Gasteiger partial charge in [0.2, 0.25) is 0 Å². The zero-order chi connectivity index (χ0) is 10.1.